The van der Waals surface area contributed by atoms with Gasteiger partial charge in [0.2, 0.25) is 0 Å². The molecule has 2 aromatic rings. The van der Waals surface area contributed by atoms with E-state index in [-0.39, 0.29) is 0 Å². The van der Waals surface area contributed by atoms with Crippen LogP contribution in [0, 0.1) is 13.8 Å². The van der Waals surface area contributed by atoms with Gasteiger partial charge in [-0.2, -0.15) is 5.10 Å². The summed E-state index contributed by atoms with van der Waals surface area (Å²) in [7, 11) is 0. The van der Waals surface area contributed by atoms with Crippen LogP contribution < -0.4 is 5.32 Å². The first-order valence-electron chi connectivity index (χ1n) is 8.72. The molecule has 1 aromatic heterocycles. The van der Waals surface area contributed by atoms with E-state index < -0.39 is 0 Å². The van der Waals surface area contributed by atoms with Gasteiger partial charge in [-0.05, 0) is 51.8 Å². The molecule has 0 aliphatic carbocycles. The lowest BCUT2D eigenvalue weighted by atomic mass is 10.0. The lowest BCUT2D eigenvalue weighted by Crippen LogP contribution is -2.42. The summed E-state index contributed by atoms with van der Waals surface area (Å²) < 4.78 is 0. The second-order valence-electron chi connectivity index (χ2n) is 6.64. The van der Waals surface area contributed by atoms with Gasteiger partial charge >= 0.3 is 0 Å². The first kappa shape index (κ1) is 16.2. The van der Waals surface area contributed by atoms with Crippen molar-refractivity contribution in [2.24, 2.45) is 0 Å². The topological polar surface area (TPSA) is 44.0 Å². The molecule has 0 atom stereocenters. The van der Waals surface area contributed by atoms with Crippen LogP contribution in [0.4, 0.5) is 0 Å². The second-order valence-corrected chi connectivity index (χ2v) is 6.64. The van der Waals surface area contributed by atoms with Gasteiger partial charge in [0.05, 0.1) is 5.69 Å². The minimum Gasteiger partial charge on any atom is -0.310 e. The van der Waals surface area contributed by atoms with Crippen molar-refractivity contribution >= 4 is 0 Å². The number of aromatic amines is 1. The standard InChI is InChI=1S/C19H28N4/c1-15-19(16(2)22-21-15)14-20-18-9-12-23(13-10-18)11-8-17-6-4-3-5-7-17/h3-7,18,20H,8-14H2,1-2H3,(H,21,22). The van der Waals surface area contributed by atoms with Gasteiger partial charge in [0.1, 0.15) is 0 Å². The summed E-state index contributed by atoms with van der Waals surface area (Å²) in [6.07, 6.45) is 3.64. The summed E-state index contributed by atoms with van der Waals surface area (Å²) in [6.45, 7) is 8.69. The predicted molar refractivity (Wildman–Crippen MR) is 94.5 cm³/mol. The van der Waals surface area contributed by atoms with Crippen molar-refractivity contribution in [3.05, 3.63) is 52.8 Å². The maximum absolute atomic E-state index is 4.27. The molecule has 1 aliphatic heterocycles. The van der Waals surface area contributed by atoms with E-state index in [1.54, 1.807) is 0 Å². The maximum Gasteiger partial charge on any atom is 0.0638 e. The van der Waals surface area contributed by atoms with Crippen molar-refractivity contribution in [3.63, 3.8) is 0 Å². The van der Waals surface area contributed by atoms with Crippen LogP contribution in [0.2, 0.25) is 0 Å². The highest BCUT2D eigenvalue weighted by Crippen LogP contribution is 2.14. The lowest BCUT2D eigenvalue weighted by Gasteiger charge is -2.32. The first-order valence-corrected chi connectivity index (χ1v) is 8.72. The quantitative estimate of drug-likeness (QED) is 0.862. The number of aromatic nitrogens is 2. The summed E-state index contributed by atoms with van der Waals surface area (Å²) in [5.74, 6) is 0. The van der Waals surface area contributed by atoms with E-state index >= 15 is 0 Å². The van der Waals surface area contributed by atoms with Crippen LogP contribution in [0.5, 0.6) is 0 Å². The highest BCUT2D eigenvalue weighted by Gasteiger charge is 2.19. The molecule has 124 valence electrons. The van der Waals surface area contributed by atoms with Crippen LogP contribution in [-0.4, -0.2) is 40.8 Å². The summed E-state index contributed by atoms with van der Waals surface area (Å²) in [5, 5.41) is 11.1. The Hall–Kier alpha value is -1.65. The van der Waals surface area contributed by atoms with Crippen LogP contribution in [0.15, 0.2) is 30.3 Å². The van der Waals surface area contributed by atoms with Gasteiger partial charge in [-0.3, -0.25) is 5.10 Å². The van der Waals surface area contributed by atoms with Crippen LogP contribution in [0.3, 0.4) is 0 Å². The zero-order chi connectivity index (χ0) is 16.1. The SMILES string of the molecule is Cc1n[nH]c(C)c1CNC1CCN(CCc2ccccc2)CC1. The molecule has 1 aliphatic rings. The van der Waals surface area contributed by atoms with Crippen molar-refractivity contribution in [2.75, 3.05) is 19.6 Å². The van der Waals surface area contributed by atoms with Crippen molar-refractivity contribution < 1.29 is 0 Å². The van der Waals surface area contributed by atoms with Gasteiger partial charge in [-0.25, -0.2) is 0 Å². The Balaban J connectivity index is 1.38. The molecule has 2 heterocycles. The Morgan fingerprint density at radius 2 is 1.91 bits per heavy atom. The molecule has 0 amide bonds. The van der Waals surface area contributed by atoms with Crippen molar-refractivity contribution in [1.29, 1.82) is 0 Å². The molecule has 3 rings (SSSR count). The molecular weight excluding hydrogens is 284 g/mol. The Kier molecular flexibility index (Phi) is 5.47. The van der Waals surface area contributed by atoms with E-state index in [1.807, 2.05) is 0 Å². The molecule has 0 spiro atoms. The molecule has 1 aromatic carbocycles. The van der Waals surface area contributed by atoms with Crippen LogP contribution >= 0.6 is 0 Å². The Morgan fingerprint density at radius 3 is 2.57 bits per heavy atom. The van der Waals surface area contributed by atoms with Gasteiger partial charge in [-0.1, -0.05) is 30.3 Å². The fourth-order valence-electron chi connectivity index (χ4n) is 3.37. The number of hydrogen-bond donors (Lipinski definition) is 2. The van der Waals surface area contributed by atoms with E-state index in [0.717, 1.165) is 18.7 Å². The number of aryl methyl sites for hydroxylation is 2. The fraction of sp³-hybridized carbons (Fsp3) is 0.526. The molecular formula is C19H28N4. The first-order chi connectivity index (χ1) is 11.2. The highest BCUT2D eigenvalue weighted by atomic mass is 15.1. The molecule has 0 radical (unpaired) electrons. The third-order valence-corrected chi connectivity index (χ3v) is 5.00. The summed E-state index contributed by atoms with van der Waals surface area (Å²) >= 11 is 0. The van der Waals surface area contributed by atoms with E-state index in [0.29, 0.717) is 6.04 Å². The van der Waals surface area contributed by atoms with Crippen molar-refractivity contribution in [2.45, 2.75) is 45.7 Å². The van der Waals surface area contributed by atoms with Crippen molar-refractivity contribution in [1.82, 2.24) is 20.4 Å². The lowest BCUT2D eigenvalue weighted by molar-refractivity contribution is 0.199. The normalized spacial score (nSPS) is 16.8. The largest absolute Gasteiger partial charge is 0.310 e. The number of nitrogens with zero attached hydrogens (tertiary/aromatic N) is 2. The van der Waals surface area contributed by atoms with E-state index in [2.05, 4.69) is 64.6 Å². The number of hydrogen-bond acceptors (Lipinski definition) is 3. The smallest absolute Gasteiger partial charge is 0.0638 e. The van der Waals surface area contributed by atoms with Crippen LogP contribution in [-0.2, 0) is 13.0 Å². The van der Waals surface area contributed by atoms with E-state index in [1.165, 1.54) is 49.3 Å². The van der Waals surface area contributed by atoms with E-state index in [4.69, 9.17) is 0 Å². The Morgan fingerprint density at radius 1 is 1.17 bits per heavy atom. The molecule has 4 nitrogen and oxygen atoms in total. The summed E-state index contributed by atoms with van der Waals surface area (Å²) in [5.41, 5.74) is 5.08. The number of nitrogens with one attached hydrogen (secondary N) is 2. The van der Waals surface area contributed by atoms with E-state index in [9.17, 15) is 0 Å². The summed E-state index contributed by atoms with van der Waals surface area (Å²) in [6, 6.07) is 11.4. The molecule has 4 heteroatoms. The minimum atomic E-state index is 0.636. The average Bonchev–Trinajstić information content (AvgIpc) is 2.91. The number of rotatable bonds is 6. The molecule has 23 heavy (non-hydrogen) atoms. The van der Waals surface area contributed by atoms with Crippen LogP contribution in [0.1, 0.15) is 35.4 Å². The van der Waals surface area contributed by atoms with Crippen LogP contribution in [0.25, 0.3) is 0 Å². The van der Waals surface area contributed by atoms with Gasteiger partial charge < -0.3 is 10.2 Å². The Bertz CT molecular complexity index is 578. The molecule has 2 N–H and O–H groups in total. The number of H-pyrrole nitrogens is 1. The van der Waals surface area contributed by atoms with Gasteiger partial charge in [0.15, 0.2) is 0 Å². The Labute approximate surface area is 139 Å². The number of likely N-dealkylation sites (tertiary alicyclic amines) is 1. The molecule has 1 saturated heterocycles. The minimum absolute atomic E-state index is 0.636. The fourth-order valence-corrected chi connectivity index (χ4v) is 3.37. The number of piperidine rings is 1. The predicted octanol–water partition coefficient (Wildman–Crippen LogP) is 2.82. The van der Waals surface area contributed by atoms with Gasteiger partial charge in [0, 0.05) is 30.4 Å². The zero-order valence-corrected chi connectivity index (χ0v) is 14.3. The molecule has 0 bridgehead atoms. The third-order valence-electron chi connectivity index (χ3n) is 5.00. The van der Waals surface area contributed by atoms with Gasteiger partial charge in [-0.15, -0.1) is 0 Å². The molecule has 0 saturated carbocycles. The molecule has 0 unspecified atom stereocenters. The third kappa shape index (κ3) is 4.43. The molecule has 1 fully saturated rings. The highest BCUT2D eigenvalue weighted by molar-refractivity contribution is 5.22. The number of benzene rings is 1. The monoisotopic (exact) mass is 312 g/mol. The summed E-state index contributed by atoms with van der Waals surface area (Å²) in [4.78, 5) is 2.60. The zero-order valence-electron chi connectivity index (χ0n) is 14.3. The van der Waals surface area contributed by atoms with Crippen molar-refractivity contribution in [3.8, 4) is 0 Å². The van der Waals surface area contributed by atoms with Gasteiger partial charge in [0.25, 0.3) is 0 Å². The second kappa shape index (κ2) is 7.75. The average molecular weight is 312 g/mol. The maximum atomic E-state index is 4.27.